The number of nitriles is 2. The van der Waals surface area contributed by atoms with Crippen molar-refractivity contribution < 1.29 is 17.9 Å². The topological polar surface area (TPSA) is 127 Å². The number of aromatic nitrogens is 1. The summed E-state index contributed by atoms with van der Waals surface area (Å²) < 4.78 is 34.1. The van der Waals surface area contributed by atoms with E-state index in [-0.39, 0.29) is 32.1 Å². The van der Waals surface area contributed by atoms with Gasteiger partial charge in [-0.2, -0.15) is 10.5 Å². The number of sulfonamides is 1. The van der Waals surface area contributed by atoms with Crippen LogP contribution in [0.3, 0.4) is 0 Å². The van der Waals surface area contributed by atoms with E-state index in [9.17, 15) is 13.2 Å². The number of carbonyl (C=O) groups excluding carboxylic acids is 1. The predicted molar refractivity (Wildman–Crippen MR) is 127 cm³/mol. The Morgan fingerprint density at radius 2 is 1.60 bits per heavy atom. The molecule has 5 rings (SSSR count). The number of likely N-dealkylation sites (tertiary alicyclic amines) is 1. The van der Waals surface area contributed by atoms with Crippen molar-refractivity contribution in [3.05, 3.63) is 77.6 Å². The van der Waals surface area contributed by atoms with Crippen LogP contribution in [0.5, 0.6) is 5.75 Å². The molecule has 0 bridgehead atoms. The molecule has 0 N–H and O–H groups in total. The third-order valence-electron chi connectivity index (χ3n) is 6.14. The van der Waals surface area contributed by atoms with Gasteiger partial charge in [0.05, 0.1) is 36.0 Å². The number of pyridine rings is 1. The summed E-state index contributed by atoms with van der Waals surface area (Å²) in [5, 5.41) is 17.2. The fourth-order valence-electron chi connectivity index (χ4n) is 4.15. The lowest BCUT2D eigenvalue weighted by atomic mass is 10.0. The van der Waals surface area contributed by atoms with Crippen molar-refractivity contribution in [3.63, 3.8) is 0 Å². The number of benzene rings is 2. The molecule has 0 atom stereocenters. The first kappa shape index (κ1) is 22.4. The lowest BCUT2D eigenvalue weighted by molar-refractivity contribution is 0.0658. The minimum atomic E-state index is -3.77. The second-order valence-electron chi connectivity index (χ2n) is 8.21. The zero-order chi connectivity index (χ0) is 24.6. The average Bonchev–Trinajstić information content (AvgIpc) is 2.87. The van der Waals surface area contributed by atoms with Crippen LogP contribution in [0.4, 0.5) is 5.69 Å². The van der Waals surface area contributed by atoms with Crippen LogP contribution in [-0.2, 0) is 10.0 Å². The van der Waals surface area contributed by atoms with Gasteiger partial charge in [-0.3, -0.25) is 14.1 Å². The lowest BCUT2D eigenvalue weighted by Gasteiger charge is -2.42. The number of carbonyl (C=O) groups is 1. The summed E-state index contributed by atoms with van der Waals surface area (Å²) >= 11 is 0. The van der Waals surface area contributed by atoms with Gasteiger partial charge in [-0.05, 0) is 42.0 Å². The van der Waals surface area contributed by atoms with Crippen molar-refractivity contribution in [3.8, 4) is 29.0 Å². The maximum atomic E-state index is 13.5. The molecule has 2 aliphatic rings. The maximum absolute atomic E-state index is 13.5. The number of rotatable bonds is 4. The van der Waals surface area contributed by atoms with E-state index >= 15 is 0 Å². The van der Waals surface area contributed by atoms with Crippen molar-refractivity contribution in [2.24, 2.45) is 0 Å². The largest absolute Gasteiger partial charge is 0.489 e. The Labute approximate surface area is 202 Å². The Hall–Kier alpha value is -4.41. The van der Waals surface area contributed by atoms with E-state index in [2.05, 4.69) is 11.1 Å². The molecule has 1 saturated heterocycles. The molecule has 1 aromatic heterocycles. The molecule has 3 aromatic rings. The monoisotopic (exact) mass is 485 g/mol. The van der Waals surface area contributed by atoms with Crippen molar-refractivity contribution in [2.45, 2.75) is 5.25 Å². The molecule has 1 fully saturated rings. The number of ether oxygens (including phenoxy) is 1. The van der Waals surface area contributed by atoms with E-state index in [0.717, 1.165) is 5.56 Å². The van der Waals surface area contributed by atoms with Crippen LogP contribution >= 0.6 is 0 Å². The standard InChI is InChI=1S/C25H19N5O4S/c26-11-17-1-5-19(6-2-17)22-13-28-14-23-24(22)34-10-9-30(23)35(32,33)21-15-29(16-21)25(31)20-7-3-18(12-27)4-8-20/h1-8,13-14,21H,9-10,15-16H2. The van der Waals surface area contributed by atoms with Crippen molar-refractivity contribution in [1.29, 1.82) is 10.5 Å². The number of fused-ring (bicyclic) bond motifs is 1. The quantitative estimate of drug-likeness (QED) is 0.556. The summed E-state index contributed by atoms with van der Waals surface area (Å²) in [6.45, 7) is 0.487. The first-order valence-corrected chi connectivity index (χ1v) is 12.3. The molecule has 174 valence electrons. The molecule has 9 nitrogen and oxygen atoms in total. The lowest BCUT2D eigenvalue weighted by Crippen LogP contribution is -2.60. The van der Waals surface area contributed by atoms with E-state index in [1.165, 1.54) is 15.4 Å². The van der Waals surface area contributed by atoms with Crippen LogP contribution in [0, 0.1) is 22.7 Å². The number of anilines is 1. The number of amides is 1. The summed E-state index contributed by atoms with van der Waals surface area (Å²) in [6, 6.07) is 17.2. The molecule has 0 unspecified atom stereocenters. The highest BCUT2D eigenvalue weighted by Gasteiger charge is 2.44. The van der Waals surface area contributed by atoms with Gasteiger partial charge in [-0.25, -0.2) is 8.42 Å². The van der Waals surface area contributed by atoms with E-state index in [0.29, 0.717) is 33.7 Å². The molecule has 35 heavy (non-hydrogen) atoms. The van der Waals surface area contributed by atoms with Gasteiger partial charge in [0.2, 0.25) is 10.0 Å². The maximum Gasteiger partial charge on any atom is 0.253 e. The van der Waals surface area contributed by atoms with Crippen molar-refractivity contribution >= 4 is 21.6 Å². The van der Waals surface area contributed by atoms with E-state index in [1.807, 2.05) is 6.07 Å². The summed E-state index contributed by atoms with van der Waals surface area (Å²) in [5.41, 5.74) is 3.13. The molecule has 2 aromatic carbocycles. The van der Waals surface area contributed by atoms with Crippen molar-refractivity contribution in [1.82, 2.24) is 9.88 Å². The van der Waals surface area contributed by atoms with Crippen LogP contribution in [0.1, 0.15) is 21.5 Å². The van der Waals surface area contributed by atoms with Crippen LogP contribution in [0.2, 0.25) is 0 Å². The molecule has 3 heterocycles. The van der Waals surface area contributed by atoms with E-state index in [1.54, 1.807) is 54.7 Å². The van der Waals surface area contributed by atoms with Gasteiger partial charge >= 0.3 is 0 Å². The van der Waals surface area contributed by atoms with Crippen LogP contribution in [0.25, 0.3) is 11.1 Å². The van der Waals surface area contributed by atoms with Gasteiger partial charge in [-0.1, -0.05) is 12.1 Å². The van der Waals surface area contributed by atoms with Gasteiger partial charge in [0.15, 0.2) is 5.75 Å². The Balaban J connectivity index is 1.36. The zero-order valence-electron chi connectivity index (χ0n) is 18.5. The Morgan fingerprint density at radius 1 is 0.971 bits per heavy atom. The second kappa shape index (κ2) is 8.75. The third kappa shape index (κ3) is 3.94. The number of nitrogens with zero attached hydrogens (tertiary/aromatic N) is 5. The molecule has 2 aliphatic heterocycles. The second-order valence-corrected chi connectivity index (χ2v) is 10.3. The van der Waals surface area contributed by atoms with E-state index in [4.69, 9.17) is 15.3 Å². The number of hydrogen-bond donors (Lipinski definition) is 0. The molecule has 10 heteroatoms. The van der Waals surface area contributed by atoms with Crippen LogP contribution in [0.15, 0.2) is 60.9 Å². The van der Waals surface area contributed by atoms with Crippen molar-refractivity contribution in [2.75, 3.05) is 30.5 Å². The normalized spacial score (nSPS) is 15.3. The third-order valence-corrected chi connectivity index (χ3v) is 8.27. The Morgan fingerprint density at radius 3 is 2.23 bits per heavy atom. The van der Waals surface area contributed by atoms with Crippen LogP contribution in [-0.4, -0.2) is 55.7 Å². The summed E-state index contributed by atoms with van der Waals surface area (Å²) in [5.74, 6) is 0.150. The van der Waals surface area contributed by atoms with E-state index < -0.39 is 15.3 Å². The SMILES string of the molecule is N#Cc1ccc(C(=O)N2CC(S(=O)(=O)N3CCOc4c(-c5ccc(C#N)cc5)cncc43)C2)cc1. The molecular formula is C25H19N5O4S. The molecule has 0 spiro atoms. The first-order chi connectivity index (χ1) is 16.9. The predicted octanol–water partition coefficient (Wildman–Crippen LogP) is 2.55. The van der Waals surface area contributed by atoms with Gasteiger partial charge in [0.1, 0.15) is 17.5 Å². The summed E-state index contributed by atoms with van der Waals surface area (Å²) in [4.78, 5) is 18.4. The highest BCUT2D eigenvalue weighted by molar-refractivity contribution is 7.93. The number of hydrogen-bond acceptors (Lipinski definition) is 7. The minimum Gasteiger partial charge on any atom is -0.489 e. The molecule has 1 amide bonds. The molecule has 0 aliphatic carbocycles. The Bertz CT molecular complexity index is 1480. The molecule has 0 saturated carbocycles. The van der Waals surface area contributed by atoms with Gasteiger partial charge in [0, 0.05) is 30.4 Å². The summed E-state index contributed by atoms with van der Waals surface area (Å²) in [6.07, 6.45) is 3.08. The van der Waals surface area contributed by atoms with Gasteiger partial charge in [0.25, 0.3) is 5.91 Å². The summed E-state index contributed by atoms with van der Waals surface area (Å²) in [7, 11) is -3.77. The highest BCUT2D eigenvalue weighted by Crippen LogP contribution is 2.42. The van der Waals surface area contributed by atoms with Gasteiger partial charge < -0.3 is 9.64 Å². The fraction of sp³-hybridized carbons (Fsp3) is 0.200. The minimum absolute atomic E-state index is 0.0800. The average molecular weight is 486 g/mol. The smallest absolute Gasteiger partial charge is 0.253 e. The highest BCUT2D eigenvalue weighted by atomic mass is 32.2. The Kier molecular flexibility index (Phi) is 5.59. The molecular weight excluding hydrogens is 466 g/mol. The first-order valence-electron chi connectivity index (χ1n) is 10.8. The fourth-order valence-corrected chi connectivity index (χ4v) is 5.98. The molecule has 0 radical (unpaired) electrons. The zero-order valence-corrected chi connectivity index (χ0v) is 19.3. The van der Waals surface area contributed by atoms with Gasteiger partial charge in [-0.15, -0.1) is 0 Å². The van der Waals surface area contributed by atoms with Crippen LogP contribution < -0.4 is 9.04 Å².